The normalized spacial score (nSPS) is 25.0. The molecule has 18 heavy (non-hydrogen) atoms. The van der Waals surface area contributed by atoms with E-state index in [2.05, 4.69) is 30.1 Å². The Balaban J connectivity index is 2.03. The van der Waals surface area contributed by atoms with Crippen LogP contribution in [0.2, 0.25) is 0 Å². The van der Waals surface area contributed by atoms with Crippen LogP contribution in [0.1, 0.15) is 36.1 Å². The highest BCUT2D eigenvalue weighted by molar-refractivity contribution is 7.81. The maximum atomic E-state index is 10.8. The third-order valence-corrected chi connectivity index (χ3v) is 3.69. The van der Waals surface area contributed by atoms with Gasteiger partial charge < -0.3 is 16.8 Å². The first-order valence-electron chi connectivity index (χ1n) is 6.11. The number of amides is 1. The van der Waals surface area contributed by atoms with Gasteiger partial charge in [-0.15, -0.1) is 0 Å². The molecule has 5 N–H and O–H groups in total. The van der Waals surface area contributed by atoms with Crippen molar-refractivity contribution in [2.45, 2.75) is 30.2 Å². The van der Waals surface area contributed by atoms with Crippen LogP contribution in [-0.2, 0) is 4.79 Å². The van der Waals surface area contributed by atoms with Crippen LogP contribution in [0.25, 0.3) is 0 Å². The minimum Gasteiger partial charge on any atom is -0.370 e. The van der Waals surface area contributed by atoms with Gasteiger partial charge in [-0.25, -0.2) is 0 Å². The summed E-state index contributed by atoms with van der Waals surface area (Å²) >= 11 is 4.46. The fourth-order valence-electron chi connectivity index (χ4n) is 2.28. The summed E-state index contributed by atoms with van der Waals surface area (Å²) in [5, 5.41) is 3.84. The van der Waals surface area contributed by atoms with Crippen LogP contribution >= 0.6 is 12.6 Å². The molecule has 1 aliphatic rings. The Labute approximate surface area is 113 Å². The monoisotopic (exact) mass is 265 g/mol. The molecule has 98 valence electrons. The number of hydrogen-bond donors (Lipinski definition) is 4. The van der Waals surface area contributed by atoms with Gasteiger partial charge in [-0.3, -0.25) is 4.79 Å². The van der Waals surface area contributed by atoms with Crippen molar-refractivity contribution < 1.29 is 4.79 Å². The lowest BCUT2D eigenvalue weighted by atomic mass is 9.99. The number of primary amides is 1. The van der Waals surface area contributed by atoms with E-state index in [4.69, 9.17) is 11.5 Å². The first-order valence-corrected chi connectivity index (χ1v) is 6.63. The molecule has 2 rings (SSSR count). The van der Waals surface area contributed by atoms with Crippen LogP contribution in [0.3, 0.4) is 0 Å². The quantitative estimate of drug-likeness (QED) is 0.610. The van der Waals surface area contributed by atoms with Gasteiger partial charge in [0.2, 0.25) is 5.91 Å². The summed E-state index contributed by atoms with van der Waals surface area (Å²) < 4.78 is 0. The lowest BCUT2D eigenvalue weighted by molar-refractivity contribution is -0.118. The van der Waals surface area contributed by atoms with Crippen LogP contribution < -0.4 is 16.8 Å². The highest BCUT2D eigenvalue weighted by Crippen LogP contribution is 2.27. The third-order valence-electron chi connectivity index (χ3n) is 3.30. The zero-order chi connectivity index (χ0) is 13.1. The topological polar surface area (TPSA) is 81.1 Å². The fraction of sp³-hybridized carbons (Fsp3) is 0.462. The molecule has 0 saturated carbocycles. The van der Waals surface area contributed by atoms with Crippen LogP contribution in [0.4, 0.5) is 0 Å². The second kappa shape index (κ2) is 5.73. The zero-order valence-corrected chi connectivity index (χ0v) is 11.1. The summed E-state index contributed by atoms with van der Waals surface area (Å²) in [5.74, 6) is -0.373. The van der Waals surface area contributed by atoms with E-state index in [0.717, 1.165) is 18.5 Å². The molecule has 0 radical (unpaired) electrons. The maximum absolute atomic E-state index is 10.8. The predicted octanol–water partition coefficient (Wildman–Crippen LogP) is 0.895. The molecule has 1 saturated heterocycles. The van der Waals surface area contributed by atoms with E-state index in [1.54, 1.807) is 0 Å². The molecule has 1 amide bonds. The van der Waals surface area contributed by atoms with E-state index in [0.29, 0.717) is 11.3 Å². The lowest BCUT2D eigenvalue weighted by Crippen LogP contribution is -2.20. The number of nitrogens with two attached hydrogens (primary N) is 2. The molecule has 4 nitrogen and oxygen atoms in total. The lowest BCUT2D eigenvalue weighted by Gasteiger charge is -2.14. The van der Waals surface area contributed by atoms with E-state index in [9.17, 15) is 4.79 Å². The van der Waals surface area contributed by atoms with Crippen molar-refractivity contribution in [2.24, 2.45) is 11.5 Å². The number of nitrogens with one attached hydrogen (secondary N) is 1. The van der Waals surface area contributed by atoms with Crippen molar-refractivity contribution in [2.75, 3.05) is 6.54 Å². The summed E-state index contributed by atoms with van der Waals surface area (Å²) in [6.07, 6.45) is 1.22. The maximum Gasteiger partial charge on any atom is 0.219 e. The summed E-state index contributed by atoms with van der Waals surface area (Å²) in [6.45, 7) is 0.941. The molecule has 0 aromatic heterocycles. The standard InChI is InChI=1S/C13H19N3OS/c14-11(6-13(15)17)8-1-3-9(4-2-8)12-5-10(18)7-16-12/h1-4,10-12,16,18H,5-7,14H2,(H2,15,17)/t10-,11-,12+/m0/s1. The highest BCUT2D eigenvalue weighted by Gasteiger charge is 2.22. The van der Waals surface area contributed by atoms with Gasteiger partial charge in [0.25, 0.3) is 0 Å². The van der Waals surface area contributed by atoms with Gasteiger partial charge in [-0.05, 0) is 17.5 Å². The van der Waals surface area contributed by atoms with Crippen molar-refractivity contribution >= 4 is 18.5 Å². The summed E-state index contributed by atoms with van der Waals surface area (Å²) in [6, 6.07) is 8.10. The minimum atomic E-state index is -0.373. The number of carbonyl (C=O) groups excluding carboxylic acids is 1. The molecule has 3 atom stereocenters. The third kappa shape index (κ3) is 3.25. The molecule has 5 heteroatoms. The summed E-state index contributed by atoms with van der Waals surface area (Å²) in [4.78, 5) is 10.8. The number of carbonyl (C=O) groups is 1. The van der Waals surface area contributed by atoms with E-state index < -0.39 is 0 Å². The van der Waals surface area contributed by atoms with E-state index in [1.165, 1.54) is 5.56 Å². The molecular weight excluding hydrogens is 246 g/mol. The average Bonchev–Trinajstić information content (AvgIpc) is 2.75. The minimum absolute atomic E-state index is 0.180. The Bertz CT molecular complexity index is 421. The summed E-state index contributed by atoms with van der Waals surface area (Å²) in [7, 11) is 0. The molecule has 1 aromatic rings. The number of thiol groups is 1. The number of rotatable bonds is 4. The largest absolute Gasteiger partial charge is 0.370 e. The predicted molar refractivity (Wildman–Crippen MR) is 75.3 cm³/mol. The molecule has 1 aliphatic heterocycles. The van der Waals surface area contributed by atoms with Gasteiger partial charge in [0, 0.05) is 30.3 Å². The van der Waals surface area contributed by atoms with Crippen molar-refractivity contribution in [3.8, 4) is 0 Å². The first kappa shape index (κ1) is 13.4. The fourth-order valence-corrected chi connectivity index (χ4v) is 2.60. The average molecular weight is 265 g/mol. The first-order chi connectivity index (χ1) is 8.56. The molecule has 1 fully saturated rings. The zero-order valence-electron chi connectivity index (χ0n) is 10.2. The summed E-state index contributed by atoms with van der Waals surface area (Å²) in [5.41, 5.74) is 13.2. The van der Waals surface area contributed by atoms with Gasteiger partial charge in [-0.1, -0.05) is 24.3 Å². The van der Waals surface area contributed by atoms with Gasteiger partial charge >= 0.3 is 0 Å². The van der Waals surface area contributed by atoms with Crippen LogP contribution in [0.15, 0.2) is 24.3 Å². The highest BCUT2D eigenvalue weighted by atomic mass is 32.1. The molecule has 0 bridgehead atoms. The van der Waals surface area contributed by atoms with Crippen molar-refractivity contribution in [1.29, 1.82) is 0 Å². The molecule has 1 aromatic carbocycles. The van der Waals surface area contributed by atoms with Crippen molar-refractivity contribution in [3.63, 3.8) is 0 Å². The second-order valence-electron chi connectivity index (χ2n) is 4.79. The van der Waals surface area contributed by atoms with Gasteiger partial charge in [-0.2, -0.15) is 12.6 Å². The number of hydrogen-bond acceptors (Lipinski definition) is 4. The molecule has 1 heterocycles. The second-order valence-corrected chi connectivity index (χ2v) is 5.52. The van der Waals surface area contributed by atoms with Crippen molar-refractivity contribution in [1.82, 2.24) is 5.32 Å². The van der Waals surface area contributed by atoms with Crippen LogP contribution in [-0.4, -0.2) is 17.7 Å². The number of benzene rings is 1. The molecule has 0 aliphatic carbocycles. The van der Waals surface area contributed by atoms with E-state index in [1.807, 2.05) is 12.1 Å². The van der Waals surface area contributed by atoms with Gasteiger partial charge in [0.15, 0.2) is 0 Å². The van der Waals surface area contributed by atoms with Crippen LogP contribution in [0, 0.1) is 0 Å². The Kier molecular flexibility index (Phi) is 4.27. The Morgan fingerprint density at radius 3 is 2.61 bits per heavy atom. The van der Waals surface area contributed by atoms with E-state index >= 15 is 0 Å². The Morgan fingerprint density at radius 2 is 2.11 bits per heavy atom. The SMILES string of the molecule is NC(=O)C[C@H](N)c1ccc([C@H]2C[C@H](S)CN2)cc1. The smallest absolute Gasteiger partial charge is 0.219 e. The molecule has 0 unspecified atom stereocenters. The molecule has 0 spiro atoms. The van der Waals surface area contributed by atoms with Gasteiger partial charge in [0.1, 0.15) is 0 Å². The van der Waals surface area contributed by atoms with E-state index in [-0.39, 0.29) is 18.4 Å². The van der Waals surface area contributed by atoms with Crippen LogP contribution in [0.5, 0.6) is 0 Å². The van der Waals surface area contributed by atoms with Gasteiger partial charge in [0.05, 0.1) is 0 Å². The molecular formula is C13H19N3OS. The Morgan fingerprint density at radius 1 is 1.44 bits per heavy atom. The Hall–Kier alpha value is -1.04. The van der Waals surface area contributed by atoms with Crippen molar-refractivity contribution in [3.05, 3.63) is 35.4 Å².